The van der Waals surface area contributed by atoms with Crippen LogP contribution in [0.15, 0.2) is 28.7 Å². The fourth-order valence-corrected chi connectivity index (χ4v) is 2.84. The van der Waals surface area contributed by atoms with Gasteiger partial charge in [-0.25, -0.2) is 4.98 Å². The molecule has 1 aromatic carbocycles. The number of halogens is 1. The van der Waals surface area contributed by atoms with Crippen LogP contribution in [-0.2, 0) is 0 Å². The summed E-state index contributed by atoms with van der Waals surface area (Å²) in [4.78, 5) is 19.9. The Morgan fingerprint density at radius 1 is 1.38 bits per heavy atom. The van der Waals surface area contributed by atoms with Crippen molar-refractivity contribution < 1.29 is 4.79 Å². The molecule has 0 aliphatic carbocycles. The molecule has 1 saturated heterocycles. The molecule has 0 bridgehead atoms. The molecule has 21 heavy (non-hydrogen) atoms. The van der Waals surface area contributed by atoms with Crippen molar-refractivity contribution in [2.75, 3.05) is 13.6 Å². The standard InChI is InChI=1S/C15H17BrN4O/c1-17-15(21)13-12(9-4-6-10(16)7-5-9)19-14(20-13)11-3-2-8-18-11/h4-7,11,18H,2-3,8H2,1H3,(H,17,21)(H,19,20)/t11-/m0/s1. The van der Waals surface area contributed by atoms with E-state index in [1.807, 2.05) is 24.3 Å². The summed E-state index contributed by atoms with van der Waals surface area (Å²) >= 11 is 3.42. The number of benzene rings is 1. The largest absolute Gasteiger partial charge is 0.354 e. The van der Waals surface area contributed by atoms with Crippen LogP contribution in [0, 0.1) is 0 Å². The van der Waals surface area contributed by atoms with Gasteiger partial charge in [-0.3, -0.25) is 4.79 Å². The van der Waals surface area contributed by atoms with Crippen molar-refractivity contribution in [3.8, 4) is 11.3 Å². The van der Waals surface area contributed by atoms with E-state index in [1.165, 1.54) is 0 Å². The lowest BCUT2D eigenvalue weighted by atomic mass is 10.1. The van der Waals surface area contributed by atoms with Gasteiger partial charge in [0.2, 0.25) is 0 Å². The Morgan fingerprint density at radius 2 is 2.14 bits per heavy atom. The third-order valence-electron chi connectivity index (χ3n) is 3.68. The van der Waals surface area contributed by atoms with Crippen molar-refractivity contribution in [3.63, 3.8) is 0 Å². The molecule has 6 heteroatoms. The number of nitrogens with zero attached hydrogens (tertiary/aromatic N) is 1. The maximum absolute atomic E-state index is 12.1. The summed E-state index contributed by atoms with van der Waals surface area (Å²) in [6, 6.07) is 8.02. The van der Waals surface area contributed by atoms with E-state index in [0.29, 0.717) is 11.4 Å². The second kappa shape index (κ2) is 5.99. The predicted octanol–water partition coefficient (Wildman–Crippen LogP) is 2.62. The van der Waals surface area contributed by atoms with Gasteiger partial charge in [0, 0.05) is 17.1 Å². The highest BCUT2D eigenvalue weighted by atomic mass is 79.9. The van der Waals surface area contributed by atoms with Crippen molar-refractivity contribution >= 4 is 21.8 Å². The minimum atomic E-state index is -0.148. The average Bonchev–Trinajstić information content (AvgIpc) is 3.16. The van der Waals surface area contributed by atoms with Crippen LogP contribution >= 0.6 is 15.9 Å². The van der Waals surface area contributed by atoms with Crippen LogP contribution in [-0.4, -0.2) is 29.5 Å². The SMILES string of the molecule is CNC(=O)c1[nH]c([C@@H]2CCCN2)nc1-c1ccc(Br)cc1. The van der Waals surface area contributed by atoms with E-state index in [0.717, 1.165) is 35.2 Å². The Labute approximate surface area is 131 Å². The number of carbonyl (C=O) groups is 1. The number of hydrogen-bond acceptors (Lipinski definition) is 3. The molecule has 2 aromatic rings. The first-order valence-corrected chi connectivity index (χ1v) is 7.79. The van der Waals surface area contributed by atoms with E-state index in [1.54, 1.807) is 7.05 Å². The minimum Gasteiger partial charge on any atom is -0.354 e. The maximum Gasteiger partial charge on any atom is 0.269 e. The lowest BCUT2D eigenvalue weighted by molar-refractivity contribution is 0.0959. The first-order chi connectivity index (χ1) is 10.2. The number of amides is 1. The monoisotopic (exact) mass is 348 g/mol. The third kappa shape index (κ3) is 2.87. The minimum absolute atomic E-state index is 0.148. The number of aromatic nitrogens is 2. The molecule has 1 aromatic heterocycles. The third-order valence-corrected chi connectivity index (χ3v) is 4.21. The van der Waals surface area contributed by atoms with Gasteiger partial charge in [-0.2, -0.15) is 0 Å². The fraction of sp³-hybridized carbons (Fsp3) is 0.333. The van der Waals surface area contributed by atoms with Gasteiger partial charge < -0.3 is 15.6 Å². The molecule has 1 amide bonds. The van der Waals surface area contributed by atoms with Crippen molar-refractivity contribution in [1.29, 1.82) is 0 Å². The Bertz CT molecular complexity index is 644. The fourth-order valence-electron chi connectivity index (χ4n) is 2.58. The molecular weight excluding hydrogens is 332 g/mol. The summed E-state index contributed by atoms with van der Waals surface area (Å²) in [7, 11) is 1.63. The van der Waals surface area contributed by atoms with Crippen LogP contribution in [0.1, 0.15) is 35.2 Å². The number of nitrogens with one attached hydrogen (secondary N) is 3. The van der Waals surface area contributed by atoms with E-state index >= 15 is 0 Å². The van der Waals surface area contributed by atoms with Crippen LogP contribution in [0.2, 0.25) is 0 Å². The quantitative estimate of drug-likeness (QED) is 0.798. The smallest absolute Gasteiger partial charge is 0.269 e. The number of imidazole rings is 1. The normalized spacial score (nSPS) is 17.9. The number of carbonyl (C=O) groups excluding carboxylic acids is 1. The molecule has 1 aliphatic rings. The van der Waals surface area contributed by atoms with Gasteiger partial charge in [0.15, 0.2) is 0 Å². The summed E-state index contributed by atoms with van der Waals surface area (Å²) in [5.74, 6) is 0.689. The van der Waals surface area contributed by atoms with E-state index in [4.69, 9.17) is 0 Å². The van der Waals surface area contributed by atoms with Crippen molar-refractivity contribution in [2.45, 2.75) is 18.9 Å². The average molecular weight is 349 g/mol. The zero-order valence-electron chi connectivity index (χ0n) is 11.7. The number of hydrogen-bond donors (Lipinski definition) is 3. The van der Waals surface area contributed by atoms with Crippen LogP contribution in [0.4, 0.5) is 0 Å². The summed E-state index contributed by atoms with van der Waals surface area (Å²) < 4.78 is 1.00. The Balaban J connectivity index is 2.04. The second-order valence-corrected chi connectivity index (χ2v) is 6.00. The molecule has 2 heterocycles. The molecule has 110 valence electrons. The number of H-pyrrole nitrogens is 1. The van der Waals surface area contributed by atoms with E-state index in [-0.39, 0.29) is 11.9 Å². The zero-order valence-corrected chi connectivity index (χ0v) is 13.3. The Kier molecular flexibility index (Phi) is 4.07. The van der Waals surface area contributed by atoms with Gasteiger partial charge >= 0.3 is 0 Å². The molecular formula is C15H17BrN4O. The maximum atomic E-state index is 12.1. The molecule has 1 atom stereocenters. The van der Waals surface area contributed by atoms with Crippen molar-refractivity contribution in [1.82, 2.24) is 20.6 Å². The predicted molar refractivity (Wildman–Crippen MR) is 85.1 cm³/mol. The zero-order chi connectivity index (χ0) is 14.8. The Hall–Kier alpha value is -1.66. The highest BCUT2D eigenvalue weighted by molar-refractivity contribution is 9.10. The summed E-state index contributed by atoms with van der Waals surface area (Å²) in [6.45, 7) is 0.994. The molecule has 3 N–H and O–H groups in total. The molecule has 1 fully saturated rings. The van der Waals surface area contributed by atoms with Crippen LogP contribution in [0.5, 0.6) is 0 Å². The Morgan fingerprint density at radius 3 is 2.76 bits per heavy atom. The second-order valence-electron chi connectivity index (χ2n) is 5.08. The molecule has 0 radical (unpaired) electrons. The van der Waals surface area contributed by atoms with Gasteiger partial charge in [-0.05, 0) is 31.5 Å². The van der Waals surface area contributed by atoms with Gasteiger partial charge in [-0.15, -0.1) is 0 Å². The van der Waals surface area contributed by atoms with Gasteiger partial charge in [-0.1, -0.05) is 28.1 Å². The molecule has 3 rings (SSSR count). The first-order valence-electron chi connectivity index (χ1n) is 7.00. The van der Waals surface area contributed by atoms with Crippen LogP contribution in [0.3, 0.4) is 0 Å². The molecule has 0 saturated carbocycles. The molecule has 0 spiro atoms. The van der Waals surface area contributed by atoms with E-state index in [9.17, 15) is 4.79 Å². The van der Waals surface area contributed by atoms with Crippen molar-refractivity contribution in [3.05, 3.63) is 40.3 Å². The summed E-state index contributed by atoms with van der Waals surface area (Å²) in [5.41, 5.74) is 2.14. The molecule has 0 unspecified atom stereocenters. The lowest BCUT2D eigenvalue weighted by Crippen LogP contribution is -2.19. The number of aromatic amines is 1. The highest BCUT2D eigenvalue weighted by Crippen LogP contribution is 2.28. The van der Waals surface area contributed by atoms with E-state index < -0.39 is 0 Å². The molecule has 5 nitrogen and oxygen atoms in total. The van der Waals surface area contributed by atoms with Gasteiger partial charge in [0.25, 0.3) is 5.91 Å². The number of rotatable bonds is 3. The first kappa shape index (κ1) is 14.3. The van der Waals surface area contributed by atoms with Gasteiger partial charge in [0.05, 0.1) is 6.04 Å². The van der Waals surface area contributed by atoms with E-state index in [2.05, 4.69) is 36.5 Å². The highest BCUT2D eigenvalue weighted by Gasteiger charge is 2.24. The van der Waals surface area contributed by atoms with Gasteiger partial charge in [0.1, 0.15) is 17.2 Å². The van der Waals surface area contributed by atoms with Crippen LogP contribution in [0.25, 0.3) is 11.3 Å². The summed E-state index contributed by atoms with van der Waals surface area (Å²) in [5, 5.41) is 6.06. The van der Waals surface area contributed by atoms with Crippen LogP contribution < -0.4 is 10.6 Å². The topological polar surface area (TPSA) is 69.8 Å². The summed E-state index contributed by atoms with van der Waals surface area (Å²) in [6.07, 6.45) is 2.18. The lowest BCUT2D eigenvalue weighted by Gasteiger charge is -2.04. The molecule has 1 aliphatic heterocycles. The van der Waals surface area contributed by atoms with Crippen molar-refractivity contribution in [2.24, 2.45) is 0 Å².